The van der Waals surface area contributed by atoms with Crippen LogP contribution < -0.4 is 4.90 Å². The summed E-state index contributed by atoms with van der Waals surface area (Å²) in [4.78, 5) is 6.32. The molecule has 1 heterocycles. The molecule has 11 heavy (non-hydrogen) atoms. The number of pyridine rings is 1. The number of anilines is 1. The summed E-state index contributed by atoms with van der Waals surface area (Å²) in [6.07, 6.45) is 2.87. The lowest BCUT2D eigenvalue weighted by molar-refractivity contribution is 1.01. The number of hydrogen-bond donors (Lipinski definition) is 0. The molecule has 0 aliphatic carbocycles. The van der Waals surface area contributed by atoms with Gasteiger partial charge in [-0.05, 0) is 18.1 Å². The zero-order valence-corrected chi connectivity index (χ0v) is 7.33. The van der Waals surface area contributed by atoms with Gasteiger partial charge < -0.3 is 4.90 Å². The summed E-state index contributed by atoms with van der Waals surface area (Å²) in [5, 5.41) is 0. The monoisotopic (exact) mass is 150 g/mol. The molecule has 0 radical (unpaired) electrons. The lowest BCUT2D eigenvalue weighted by atomic mass is 10.2. The van der Waals surface area contributed by atoms with Gasteiger partial charge in [0.2, 0.25) is 0 Å². The maximum atomic E-state index is 4.27. The summed E-state index contributed by atoms with van der Waals surface area (Å²) in [7, 11) is 4.03. The van der Waals surface area contributed by atoms with E-state index in [1.807, 2.05) is 31.3 Å². The van der Waals surface area contributed by atoms with Gasteiger partial charge in [-0.1, -0.05) is 13.0 Å². The van der Waals surface area contributed by atoms with Crippen LogP contribution in [0.25, 0.3) is 0 Å². The van der Waals surface area contributed by atoms with Crippen LogP contribution in [-0.4, -0.2) is 19.1 Å². The van der Waals surface area contributed by atoms with E-state index in [9.17, 15) is 0 Å². The lowest BCUT2D eigenvalue weighted by Crippen LogP contribution is -2.12. The highest BCUT2D eigenvalue weighted by Crippen LogP contribution is 2.13. The fourth-order valence-electron chi connectivity index (χ4n) is 1.11. The number of aromatic nitrogens is 1. The second-order valence-electron chi connectivity index (χ2n) is 2.73. The third-order valence-electron chi connectivity index (χ3n) is 1.67. The first kappa shape index (κ1) is 8.05. The fraction of sp³-hybridized carbons (Fsp3) is 0.444. The molecule has 2 nitrogen and oxygen atoms in total. The third-order valence-corrected chi connectivity index (χ3v) is 1.67. The van der Waals surface area contributed by atoms with Crippen LogP contribution in [0.3, 0.4) is 0 Å². The minimum atomic E-state index is 1.04. The van der Waals surface area contributed by atoms with Crippen LogP contribution in [0.5, 0.6) is 0 Å². The van der Waals surface area contributed by atoms with Gasteiger partial charge in [0, 0.05) is 20.3 Å². The van der Waals surface area contributed by atoms with Gasteiger partial charge in [-0.15, -0.1) is 0 Å². The van der Waals surface area contributed by atoms with E-state index < -0.39 is 0 Å². The maximum absolute atomic E-state index is 4.27. The molecule has 0 aliphatic heterocycles. The summed E-state index contributed by atoms with van der Waals surface area (Å²) in [6.45, 7) is 2.14. The molecular weight excluding hydrogens is 136 g/mol. The third kappa shape index (κ3) is 1.70. The summed E-state index contributed by atoms with van der Waals surface area (Å²) in [5.41, 5.74) is 1.30. The molecule has 60 valence electrons. The van der Waals surface area contributed by atoms with Gasteiger partial charge >= 0.3 is 0 Å². The van der Waals surface area contributed by atoms with Crippen molar-refractivity contribution in [3.63, 3.8) is 0 Å². The summed E-state index contributed by atoms with van der Waals surface area (Å²) < 4.78 is 0. The molecule has 1 aromatic heterocycles. The lowest BCUT2D eigenvalue weighted by Gasteiger charge is -2.14. The molecule has 0 atom stereocenters. The van der Waals surface area contributed by atoms with Crippen LogP contribution in [0, 0.1) is 0 Å². The van der Waals surface area contributed by atoms with Crippen molar-refractivity contribution in [1.29, 1.82) is 0 Å². The zero-order valence-electron chi connectivity index (χ0n) is 7.33. The van der Waals surface area contributed by atoms with E-state index in [1.54, 1.807) is 0 Å². The molecule has 0 fully saturated rings. The molecule has 0 amide bonds. The highest BCUT2D eigenvalue weighted by Gasteiger charge is 2.00. The predicted molar refractivity (Wildman–Crippen MR) is 47.9 cm³/mol. The predicted octanol–water partition coefficient (Wildman–Crippen LogP) is 1.71. The minimum absolute atomic E-state index is 1.04. The maximum Gasteiger partial charge on any atom is 0.131 e. The van der Waals surface area contributed by atoms with Crippen LogP contribution in [0.1, 0.15) is 12.5 Å². The van der Waals surface area contributed by atoms with Crippen LogP contribution >= 0.6 is 0 Å². The summed E-state index contributed by atoms with van der Waals surface area (Å²) >= 11 is 0. The van der Waals surface area contributed by atoms with Crippen molar-refractivity contribution in [2.24, 2.45) is 0 Å². The molecule has 0 saturated carbocycles. The van der Waals surface area contributed by atoms with Crippen molar-refractivity contribution >= 4 is 5.82 Å². The number of aryl methyl sites for hydroxylation is 1. The van der Waals surface area contributed by atoms with Crippen LogP contribution in [0.15, 0.2) is 18.3 Å². The summed E-state index contributed by atoms with van der Waals surface area (Å²) in [5.74, 6) is 1.08. The second-order valence-corrected chi connectivity index (χ2v) is 2.73. The Morgan fingerprint density at radius 1 is 1.45 bits per heavy atom. The van der Waals surface area contributed by atoms with Crippen molar-refractivity contribution in [2.75, 3.05) is 19.0 Å². The van der Waals surface area contributed by atoms with Crippen molar-refractivity contribution in [3.05, 3.63) is 23.9 Å². The van der Waals surface area contributed by atoms with Crippen molar-refractivity contribution in [3.8, 4) is 0 Å². The smallest absolute Gasteiger partial charge is 0.131 e. The molecular formula is C9H14N2. The van der Waals surface area contributed by atoms with E-state index in [0.717, 1.165) is 12.2 Å². The number of rotatable bonds is 2. The highest BCUT2D eigenvalue weighted by atomic mass is 15.1. The molecule has 0 spiro atoms. The Morgan fingerprint density at radius 3 is 2.64 bits per heavy atom. The Morgan fingerprint density at radius 2 is 2.18 bits per heavy atom. The van der Waals surface area contributed by atoms with E-state index in [4.69, 9.17) is 0 Å². The second kappa shape index (κ2) is 3.37. The standard InChI is InChI=1S/C9H14N2/c1-4-8-6-5-7-10-9(8)11(2)3/h5-7H,4H2,1-3H3. The Hall–Kier alpha value is -1.05. The van der Waals surface area contributed by atoms with E-state index >= 15 is 0 Å². The van der Waals surface area contributed by atoms with Gasteiger partial charge in [0.15, 0.2) is 0 Å². The van der Waals surface area contributed by atoms with Crippen molar-refractivity contribution < 1.29 is 0 Å². The Kier molecular flexibility index (Phi) is 2.47. The van der Waals surface area contributed by atoms with Gasteiger partial charge in [-0.25, -0.2) is 4.98 Å². The van der Waals surface area contributed by atoms with E-state index in [0.29, 0.717) is 0 Å². The van der Waals surface area contributed by atoms with Crippen molar-refractivity contribution in [2.45, 2.75) is 13.3 Å². The van der Waals surface area contributed by atoms with E-state index in [2.05, 4.69) is 18.0 Å². The molecule has 0 unspecified atom stereocenters. The molecule has 0 saturated heterocycles. The largest absolute Gasteiger partial charge is 0.363 e. The van der Waals surface area contributed by atoms with Gasteiger partial charge in [0.1, 0.15) is 5.82 Å². The van der Waals surface area contributed by atoms with Gasteiger partial charge in [0.25, 0.3) is 0 Å². The van der Waals surface area contributed by atoms with Crippen molar-refractivity contribution in [1.82, 2.24) is 4.98 Å². The SMILES string of the molecule is CCc1cccnc1N(C)C. The number of hydrogen-bond acceptors (Lipinski definition) is 2. The number of nitrogens with zero attached hydrogens (tertiary/aromatic N) is 2. The molecule has 2 heteroatoms. The van der Waals surface area contributed by atoms with E-state index in [-0.39, 0.29) is 0 Å². The van der Waals surface area contributed by atoms with Crippen LogP contribution in [-0.2, 0) is 6.42 Å². The molecule has 0 aliphatic rings. The van der Waals surface area contributed by atoms with Crippen LogP contribution in [0.4, 0.5) is 5.82 Å². The Bertz CT molecular complexity index is 231. The van der Waals surface area contributed by atoms with Crippen LogP contribution in [0.2, 0.25) is 0 Å². The Balaban J connectivity index is 3.02. The normalized spacial score (nSPS) is 9.73. The quantitative estimate of drug-likeness (QED) is 0.638. The van der Waals surface area contributed by atoms with E-state index in [1.165, 1.54) is 5.56 Å². The first-order valence-corrected chi connectivity index (χ1v) is 3.87. The first-order chi connectivity index (χ1) is 5.25. The first-order valence-electron chi connectivity index (χ1n) is 3.87. The van der Waals surface area contributed by atoms with Gasteiger partial charge in [0.05, 0.1) is 0 Å². The molecule has 0 bridgehead atoms. The Labute approximate surface area is 67.9 Å². The topological polar surface area (TPSA) is 16.1 Å². The van der Waals surface area contributed by atoms with Gasteiger partial charge in [-0.3, -0.25) is 0 Å². The molecule has 0 N–H and O–H groups in total. The minimum Gasteiger partial charge on any atom is -0.363 e. The highest BCUT2D eigenvalue weighted by molar-refractivity contribution is 5.44. The average molecular weight is 150 g/mol. The molecule has 1 aromatic rings. The molecule has 1 rings (SSSR count). The van der Waals surface area contributed by atoms with Gasteiger partial charge in [-0.2, -0.15) is 0 Å². The summed E-state index contributed by atoms with van der Waals surface area (Å²) in [6, 6.07) is 4.09. The zero-order chi connectivity index (χ0) is 8.27. The fourth-order valence-corrected chi connectivity index (χ4v) is 1.11. The molecule has 0 aromatic carbocycles. The average Bonchev–Trinajstić information content (AvgIpc) is 2.04.